The highest BCUT2D eigenvalue weighted by Gasteiger charge is 2.30. The lowest BCUT2D eigenvalue weighted by atomic mass is 10.1. The molecule has 4 rings (SSSR count). The normalized spacial score (nSPS) is 14.3. The van der Waals surface area contributed by atoms with E-state index < -0.39 is 11.7 Å². The summed E-state index contributed by atoms with van der Waals surface area (Å²) in [6.45, 7) is 4.05. The Morgan fingerprint density at radius 2 is 1.66 bits per heavy atom. The fraction of sp³-hybridized carbons (Fsp3) is 0.357. The van der Waals surface area contributed by atoms with Crippen LogP contribution in [-0.4, -0.2) is 74.2 Å². The number of nitrogens with zero attached hydrogens (tertiary/aromatic N) is 4. The Morgan fingerprint density at radius 1 is 0.974 bits per heavy atom. The molecule has 38 heavy (non-hydrogen) atoms. The highest BCUT2D eigenvalue weighted by Crippen LogP contribution is 2.29. The summed E-state index contributed by atoms with van der Waals surface area (Å²) in [7, 11) is 3.51. The lowest BCUT2D eigenvalue weighted by Crippen LogP contribution is -2.48. The smallest absolute Gasteiger partial charge is 0.416 e. The third-order valence-corrected chi connectivity index (χ3v) is 6.45. The number of amides is 1. The first-order chi connectivity index (χ1) is 18.2. The fourth-order valence-electron chi connectivity index (χ4n) is 4.19. The van der Waals surface area contributed by atoms with Gasteiger partial charge in [0, 0.05) is 51.4 Å². The average Bonchev–Trinajstić information content (AvgIpc) is 2.93. The molecule has 0 atom stereocenters. The van der Waals surface area contributed by atoms with Gasteiger partial charge in [0.15, 0.2) is 0 Å². The molecule has 0 unspecified atom stereocenters. The van der Waals surface area contributed by atoms with Crippen LogP contribution in [0.15, 0.2) is 66.7 Å². The Kier molecular flexibility index (Phi) is 8.73. The van der Waals surface area contributed by atoms with Crippen LogP contribution in [-0.2, 0) is 12.7 Å². The summed E-state index contributed by atoms with van der Waals surface area (Å²) in [5.41, 5.74) is 0.761. The summed E-state index contributed by atoms with van der Waals surface area (Å²) in [5.74, 6) is 1.97. The molecule has 2 heterocycles. The van der Waals surface area contributed by atoms with Gasteiger partial charge in [0.05, 0.1) is 19.2 Å². The molecular formula is C28H31F3N4O3. The van der Waals surface area contributed by atoms with E-state index in [4.69, 9.17) is 9.47 Å². The zero-order valence-corrected chi connectivity index (χ0v) is 21.4. The molecule has 1 aliphatic rings. The summed E-state index contributed by atoms with van der Waals surface area (Å²) in [4.78, 5) is 23.3. The van der Waals surface area contributed by atoms with Crippen LogP contribution in [0.2, 0.25) is 0 Å². The molecule has 202 valence electrons. The van der Waals surface area contributed by atoms with Crippen molar-refractivity contribution in [1.82, 2.24) is 14.8 Å². The molecule has 0 bridgehead atoms. The van der Waals surface area contributed by atoms with Gasteiger partial charge in [0.25, 0.3) is 5.91 Å². The van der Waals surface area contributed by atoms with E-state index in [1.807, 2.05) is 24.1 Å². The highest BCUT2D eigenvalue weighted by atomic mass is 19.4. The number of pyridine rings is 1. The first-order valence-electron chi connectivity index (χ1n) is 12.4. The molecule has 7 nitrogen and oxygen atoms in total. The van der Waals surface area contributed by atoms with Gasteiger partial charge in [-0.3, -0.25) is 9.69 Å². The minimum absolute atomic E-state index is 0.0467. The third-order valence-electron chi connectivity index (χ3n) is 6.45. The lowest BCUT2D eigenvalue weighted by Gasteiger charge is -2.34. The first kappa shape index (κ1) is 27.3. The van der Waals surface area contributed by atoms with Crippen LogP contribution in [0.25, 0.3) is 0 Å². The van der Waals surface area contributed by atoms with Crippen LogP contribution in [0.3, 0.4) is 0 Å². The van der Waals surface area contributed by atoms with Crippen LogP contribution in [0.1, 0.15) is 21.5 Å². The summed E-state index contributed by atoms with van der Waals surface area (Å²) >= 11 is 0. The van der Waals surface area contributed by atoms with Crippen molar-refractivity contribution < 1.29 is 27.4 Å². The van der Waals surface area contributed by atoms with Crippen molar-refractivity contribution in [3.05, 3.63) is 83.4 Å². The summed E-state index contributed by atoms with van der Waals surface area (Å²) in [6.07, 6.45) is -4.33. The maximum Gasteiger partial charge on any atom is 0.416 e. The Balaban J connectivity index is 1.21. The second-order valence-corrected chi connectivity index (χ2v) is 9.10. The van der Waals surface area contributed by atoms with Gasteiger partial charge in [-0.15, -0.1) is 0 Å². The number of methoxy groups -OCH3 is 1. The number of piperazine rings is 1. The number of carbonyl (C=O) groups is 1. The summed E-state index contributed by atoms with van der Waals surface area (Å²) in [5, 5.41) is 0. The average molecular weight is 529 g/mol. The Bertz CT molecular complexity index is 1200. The maximum atomic E-state index is 13.0. The minimum Gasteiger partial charge on any atom is -0.492 e. The van der Waals surface area contributed by atoms with Crippen molar-refractivity contribution in [3.63, 3.8) is 0 Å². The lowest BCUT2D eigenvalue weighted by molar-refractivity contribution is -0.137. The molecule has 0 radical (unpaired) electrons. The van der Waals surface area contributed by atoms with E-state index >= 15 is 0 Å². The topological polar surface area (TPSA) is 58.1 Å². The molecule has 2 aromatic carbocycles. The number of anilines is 1. The number of rotatable bonds is 9. The summed E-state index contributed by atoms with van der Waals surface area (Å²) < 4.78 is 49.3. The van der Waals surface area contributed by atoms with Crippen molar-refractivity contribution in [3.8, 4) is 11.6 Å². The van der Waals surface area contributed by atoms with Gasteiger partial charge in [-0.25, -0.2) is 0 Å². The number of benzene rings is 2. The van der Waals surface area contributed by atoms with Gasteiger partial charge in [-0.05, 0) is 48.0 Å². The highest BCUT2D eigenvalue weighted by molar-refractivity contribution is 5.94. The van der Waals surface area contributed by atoms with Crippen molar-refractivity contribution in [1.29, 1.82) is 0 Å². The van der Waals surface area contributed by atoms with Gasteiger partial charge >= 0.3 is 6.18 Å². The second kappa shape index (κ2) is 12.2. The molecule has 0 N–H and O–H groups in total. The molecule has 1 fully saturated rings. The van der Waals surface area contributed by atoms with Crippen LogP contribution >= 0.6 is 0 Å². The van der Waals surface area contributed by atoms with E-state index in [0.717, 1.165) is 23.5 Å². The standard InChI is InChI=1S/C28H31F3N4O3/c1-33(25-4-3-5-26(32-25)37-2)18-19-38-24-12-8-22(9-13-24)27(36)35-16-14-34(15-17-35)20-21-6-10-23(11-7-21)28(29,30)31/h3-13H,14-20H2,1-2H3. The molecule has 1 aliphatic heterocycles. The number of hydrogen-bond donors (Lipinski definition) is 0. The Labute approximate surface area is 220 Å². The quantitative estimate of drug-likeness (QED) is 0.405. The molecule has 3 aromatic rings. The van der Waals surface area contributed by atoms with E-state index in [9.17, 15) is 18.0 Å². The van der Waals surface area contributed by atoms with Crippen LogP contribution in [0, 0.1) is 0 Å². The molecule has 1 aromatic heterocycles. The molecule has 1 amide bonds. The monoisotopic (exact) mass is 528 g/mol. The van der Waals surface area contributed by atoms with E-state index in [0.29, 0.717) is 63.1 Å². The van der Waals surface area contributed by atoms with Gasteiger partial charge in [0.1, 0.15) is 18.2 Å². The van der Waals surface area contributed by atoms with Crippen LogP contribution < -0.4 is 14.4 Å². The van der Waals surface area contributed by atoms with E-state index in [1.54, 1.807) is 42.3 Å². The van der Waals surface area contributed by atoms with Crippen LogP contribution in [0.4, 0.5) is 19.0 Å². The zero-order valence-electron chi connectivity index (χ0n) is 21.4. The molecule has 0 saturated carbocycles. The van der Waals surface area contributed by atoms with Gasteiger partial charge < -0.3 is 19.3 Å². The SMILES string of the molecule is COc1cccc(N(C)CCOc2ccc(C(=O)N3CCN(Cc4ccc(C(F)(F)F)cc4)CC3)cc2)n1. The Morgan fingerprint density at radius 3 is 2.29 bits per heavy atom. The predicted molar refractivity (Wildman–Crippen MR) is 139 cm³/mol. The second-order valence-electron chi connectivity index (χ2n) is 9.10. The largest absolute Gasteiger partial charge is 0.492 e. The molecule has 0 spiro atoms. The fourth-order valence-corrected chi connectivity index (χ4v) is 4.19. The van der Waals surface area contributed by atoms with Gasteiger partial charge in [-0.1, -0.05) is 18.2 Å². The van der Waals surface area contributed by atoms with Crippen LogP contribution in [0.5, 0.6) is 11.6 Å². The molecular weight excluding hydrogens is 497 g/mol. The third kappa shape index (κ3) is 7.16. The molecule has 0 aliphatic carbocycles. The molecule has 1 saturated heterocycles. The van der Waals surface area contributed by atoms with E-state index in [2.05, 4.69) is 9.88 Å². The van der Waals surface area contributed by atoms with E-state index in [-0.39, 0.29) is 5.91 Å². The van der Waals surface area contributed by atoms with Crippen molar-refractivity contribution in [2.75, 3.05) is 58.4 Å². The summed E-state index contributed by atoms with van der Waals surface area (Å²) in [6, 6.07) is 17.9. The number of aromatic nitrogens is 1. The minimum atomic E-state index is -4.33. The Hall–Kier alpha value is -3.79. The van der Waals surface area contributed by atoms with Crippen molar-refractivity contribution in [2.24, 2.45) is 0 Å². The van der Waals surface area contributed by atoms with E-state index in [1.165, 1.54) is 12.1 Å². The van der Waals surface area contributed by atoms with Gasteiger partial charge in [0.2, 0.25) is 5.88 Å². The van der Waals surface area contributed by atoms with Crippen molar-refractivity contribution >= 4 is 11.7 Å². The number of carbonyl (C=O) groups excluding carboxylic acids is 1. The maximum absolute atomic E-state index is 13.0. The number of hydrogen-bond acceptors (Lipinski definition) is 6. The molecule has 10 heteroatoms. The van der Waals surface area contributed by atoms with Gasteiger partial charge in [-0.2, -0.15) is 18.2 Å². The predicted octanol–water partition coefficient (Wildman–Crippen LogP) is 4.58. The van der Waals surface area contributed by atoms with Crippen molar-refractivity contribution in [2.45, 2.75) is 12.7 Å². The first-order valence-corrected chi connectivity index (χ1v) is 12.4. The number of alkyl halides is 3. The number of ether oxygens (including phenoxy) is 2. The number of halogens is 3. The zero-order chi connectivity index (χ0) is 27.1. The number of likely N-dealkylation sites (N-methyl/N-ethyl adjacent to an activating group) is 1.